The first-order valence-electron chi connectivity index (χ1n) is 10.8. The Morgan fingerprint density at radius 3 is 2.66 bits per heavy atom. The molecule has 2 aromatic rings. The molecule has 4 rings (SSSR count). The zero-order valence-corrected chi connectivity index (χ0v) is 18.0. The Hall–Kier alpha value is -3.20. The quantitative estimate of drug-likeness (QED) is 0.593. The summed E-state index contributed by atoms with van der Waals surface area (Å²) in [5, 5.41) is 16.6. The molecule has 0 spiro atoms. The fraction of sp³-hybridized carbons (Fsp3) is 0.478. The van der Waals surface area contributed by atoms with Crippen LogP contribution < -0.4 is 5.32 Å². The van der Waals surface area contributed by atoms with Crippen molar-refractivity contribution >= 4 is 17.8 Å². The third kappa shape index (κ3) is 5.53. The van der Waals surface area contributed by atoms with Gasteiger partial charge < -0.3 is 24.6 Å². The van der Waals surface area contributed by atoms with E-state index in [0.29, 0.717) is 29.5 Å². The van der Waals surface area contributed by atoms with Crippen LogP contribution in [0.1, 0.15) is 46.6 Å². The topological polar surface area (TPSA) is 122 Å². The fourth-order valence-corrected chi connectivity index (χ4v) is 3.72. The average Bonchev–Trinajstić information content (AvgIpc) is 3.40. The van der Waals surface area contributed by atoms with Gasteiger partial charge in [-0.05, 0) is 43.4 Å². The Labute approximate surface area is 185 Å². The number of nitrogens with zero attached hydrogens (tertiary/aromatic N) is 2. The van der Waals surface area contributed by atoms with Crippen LogP contribution in [0, 0.1) is 12.8 Å². The number of rotatable bonds is 8. The van der Waals surface area contributed by atoms with Crippen LogP contribution >= 0.6 is 0 Å². The number of aliphatic hydroxyl groups is 1. The molecule has 1 aliphatic carbocycles. The minimum Gasteiger partial charge on any atom is -0.462 e. The molecule has 170 valence electrons. The van der Waals surface area contributed by atoms with Gasteiger partial charge in [0.15, 0.2) is 0 Å². The molecule has 0 bridgehead atoms. The predicted octanol–water partition coefficient (Wildman–Crippen LogP) is 1.37. The van der Waals surface area contributed by atoms with Crippen LogP contribution in [0.15, 0.2) is 34.9 Å². The number of hydrogen-bond acceptors (Lipinski definition) is 7. The SMILES string of the molecule is Cc1cc(CC(=O)N2C[C@H](O)C[C@H]2C(=O)NCc2ccc(C(=O)OCC3CC3)cc2)on1. The summed E-state index contributed by atoms with van der Waals surface area (Å²) < 4.78 is 10.4. The molecule has 9 heteroatoms. The standard InChI is InChI=1S/C23H27N3O6/c1-14-8-19(32-25-14)10-21(28)26-12-18(27)9-20(26)22(29)24-11-15-4-6-17(7-5-15)23(30)31-13-16-2-3-16/h4-8,16,18,20,27H,2-3,9-13H2,1H3,(H,24,29)/t18-,20+/m1/s1. The molecule has 1 aromatic carbocycles. The molecular weight excluding hydrogens is 414 g/mol. The fourth-order valence-electron chi connectivity index (χ4n) is 3.72. The van der Waals surface area contributed by atoms with Gasteiger partial charge in [-0.2, -0.15) is 0 Å². The lowest BCUT2D eigenvalue weighted by Gasteiger charge is -2.23. The zero-order chi connectivity index (χ0) is 22.7. The van der Waals surface area contributed by atoms with Crippen molar-refractivity contribution in [3.8, 4) is 0 Å². The smallest absolute Gasteiger partial charge is 0.338 e. The highest BCUT2D eigenvalue weighted by atomic mass is 16.5. The molecule has 0 radical (unpaired) electrons. The first kappa shape index (κ1) is 22.0. The van der Waals surface area contributed by atoms with Crippen LogP contribution in [0.3, 0.4) is 0 Å². The molecule has 9 nitrogen and oxygen atoms in total. The van der Waals surface area contributed by atoms with Gasteiger partial charge in [-0.3, -0.25) is 9.59 Å². The van der Waals surface area contributed by atoms with Gasteiger partial charge in [-0.15, -0.1) is 0 Å². The minimum atomic E-state index is -0.757. The number of nitrogens with one attached hydrogen (secondary N) is 1. The van der Waals surface area contributed by atoms with E-state index in [-0.39, 0.29) is 43.7 Å². The number of likely N-dealkylation sites (tertiary alicyclic amines) is 1. The highest BCUT2D eigenvalue weighted by Gasteiger charge is 2.38. The summed E-state index contributed by atoms with van der Waals surface area (Å²) in [4.78, 5) is 38.8. The van der Waals surface area contributed by atoms with Crippen molar-refractivity contribution in [3.63, 3.8) is 0 Å². The van der Waals surface area contributed by atoms with Crippen molar-refractivity contribution < 1.29 is 28.8 Å². The number of amides is 2. The largest absolute Gasteiger partial charge is 0.462 e. The van der Waals surface area contributed by atoms with Crippen molar-refractivity contribution in [3.05, 3.63) is 52.9 Å². The van der Waals surface area contributed by atoms with Gasteiger partial charge in [-0.1, -0.05) is 17.3 Å². The lowest BCUT2D eigenvalue weighted by molar-refractivity contribution is -0.138. The van der Waals surface area contributed by atoms with E-state index in [1.165, 1.54) is 4.90 Å². The number of β-amino-alcohol motifs (C(OH)–C–C–N with tert-alkyl or cyclic N) is 1. The number of carbonyl (C=O) groups is 3. The Bertz CT molecular complexity index is 982. The van der Waals surface area contributed by atoms with E-state index >= 15 is 0 Å². The van der Waals surface area contributed by atoms with Crippen LogP contribution in [-0.2, 0) is 27.3 Å². The number of carbonyl (C=O) groups excluding carboxylic acids is 3. The van der Waals surface area contributed by atoms with Gasteiger partial charge in [0.2, 0.25) is 11.8 Å². The van der Waals surface area contributed by atoms with Gasteiger partial charge >= 0.3 is 5.97 Å². The summed E-state index contributed by atoms with van der Waals surface area (Å²) in [5.41, 5.74) is 1.95. The maximum absolute atomic E-state index is 12.7. The Kier molecular flexibility index (Phi) is 6.55. The molecule has 2 atom stereocenters. The summed E-state index contributed by atoms with van der Waals surface area (Å²) in [6, 6.07) is 7.78. The summed E-state index contributed by atoms with van der Waals surface area (Å²) in [6.07, 6.45) is 1.64. The van der Waals surface area contributed by atoms with Crippen LogP contribution in [-0.4, -0.2) is 58.2 Å². The maximum Gasteiger partial charge on any atom is 0.338 e. The van der Waals surface area contributed by atoms with E-state index in [1.807, 2.05) is 0 Å². The normalized spacial score (nSPS) is 20.2. The Morgan fingerprint density at radius 2 is 2.00 bits per heavy atom. The van der Waals surface area contributed by atoms with E-state index in [1.54, 1.807) is 37.3 Å². The Balaban J connectivity index is 1.29. The highest BCUT2D eigenvalue weighted by molar-refractivity contribution is 5.90. The number of hydrogen-bond donors (Lipinski definition) is 2. The molecule has 2 amide bonds. The Morgan fingerprint density at radius 1 is 1.25 bits per heavy atom. The van der Waals surface area contributed by atoms with Gasteiger partial charge in [0.25, 0.3) is 0 Å². The van der Waals surface area contributed by atoms with E-state index in [2.05, 4.69) is 10.5 Å². The molecule has 32 heavy (non-hydrogen) atoms. The summed E-state index contributed by atoms with van der Waals surface area (Å²) in [5.74, 6) is -0.0512. The molecule has 0 unspecified atom stereocenters. The number of aromatic nitrogens is 1. The van der Waals surface area contributed by atoms with Crippen molar-refractivity contribution in [1.82, 2.24) is 15.4 Å². The van der Waals surface area contributed by atoms with Gasteiger partial charge in [0, 0.05) is 25.6 Å². The molecule has 1 saturated carbocycles. The molecule has 2 fully saturated rings. The summed E-state index contributed by atoms with van der Waals surface area (Å²) >= 11 is 0. The van der Waals surface area contributed by atoms with Gasteiger partial charge in [0.1, 0.15) is 11.8 Å². The van der Waals surface area contributed by atoms with E-state index in [4.69, 9.17) is 9.26 Å². The highest BCUT2D eigenvalue weighted by Crippen LogP contribution is 2.29. The third-order valence-corrected chi connectivity index (χ3v) is 5.71. The van der Waals surface area contributed by atoms with Crippen LogP contribution in [0.4, 0.5) is 0 Å². The second-order valence-electron chi connectivity index (χ2n) is 8.52. The van der Waals surface area contributed by atoms with Gasteiger partial charge in [0.05, 0.1) is 30.4 Å². The molecule has 2 N–H and O–H groups in total. The third-order valence-electron chi connectivity index (χ3n) is 5.71. The average molecular weight is 441 g/mol. The molecule has 1 aromatic heterocycles. The van der Waals surface area contributed by atoms with Crippen LogP contribution in [0.2, 0.25) is 0 Å². The lowest BCUT2D eigenvalue weighted by atomic mass is 10.1. The molecule has 2 aliphatic rings. The van der Waals surface area contributed by atoms with Crippen molar-refractivity contribution in [2.75, 3.05) is 13.2 Å². The van der Waals surface area contributed by atoms with E-state index < -0.39 is 12.1 Å². The molecular formula is C23H27N3O6. The summed E-state index contributed by atoms with van der Waals surface area (Å²) in [7, 11) is 0. The number of esters is 1. The first-order valence-corrected chi connectivity index (χ1v) is 10.8. The number of aliphatic hydroxyl groups excluding tert-OH is 1. The van der Waals surface area contributed by atoms with Gasteiger partial charge in [-0.25, -0.2) is 4.79 Å². The minimum absolute atomic E-state index is 0.0182. The monoisotopic (exact) mass is 441 g/mol. The van der Waals surface area contributed by atoms with Crippen molar-refractivity contribution in [1.29, 1.82) is 0 Å². The predicted molar refractivity (Wildman–Crippen MR) is 112 cm³/mol. The zero-order valence-electron chi connectivity index (χ0n) is 18.0. The molecule has 1 aliphatic heterocycles. The second kappa shape index (κ2) is 9.52. The van der Waals surface area contributed by atoms with E-state index in [0.717, 1.165) is 18.4 Å². The second-order valence-corrected chi connectivity index (χ2v) is 8.52. The van der Waals surface area contributed by atoms with Crippen LogP contribution in [0.25, 0.3) is 0 Å². The van der Waals surface area contributed by atoms with Crippen LogP contribution in [0.5, 0.6) is 0 Å². The summed E-state index contributed by atoms with van der Waals surface area (Å²) in [6.45, 7) is 2.57. The number of aryl methyl sites for hydroxylation is 1. The first-order chi connectivity index (χ1) is 15.4. The van der Waals surface area contributed by atoms with E-state index in [9.17, 15) is 19.5 Å². The molecule has 1 saturated heterocycles. The molecule has 2 heterocycles. The lowest BCUT2D eigenvalue weighted by Crippen LogP contribution is -2.46. The maximum atomic E-state index is 12.7. The number of ether oxygens (including phenoxy) is 1. The van der Waals surface area contributed by atoms with Crippen molar-refractivity contribution in [2.24, 2.45) is 5.92 Å². The number of benzene rings is 1. The van der Waals surface area contributed by atoms with Crippen molar-refractivity contribution in [2.45, 2.75) is 51.3 Å².